The minimum Gasteiger partial charge on any atom is -0.481 e. The number of rotatable bonds is 6. The van der Waals surface area contributed by atoms with Gasteiger partial charge in [0.05, 0.1) is 6.42 Å². The fraction of sp³-hybridized carbons (Fsp3) is 0.750. The number of aliphatic carboxylic acids is 2. The van der Waals surface area contributed by atoms with Gasteiger partial charge in [0.1, 0.15) is 6.04 Å². The van der Waals surface area contributed by atoms with E-state index in [1.807, 2.05) is 7.05 Å². The molecule has 0 unspecified atom stereocenters. The third kappa shape index (κ3) is 5.87. The lowest BCUT2D eigenvalue weighted by atomic mass is 9.97. The van der Waals surface area contributed by atoms with Crippen molar-refractivity contribution < 1.29 is 24.6 Å². The van der Waals surface area contributed by atoms with Gasteiger partial charge in [0.2, 0.25) is 0 Å². The van der Waals surface area contributed by atoms with Crippen molar-refractivity contribution in [3.63, 3.8) is 0 Å². The third-order valence-corrected chi connectivity index (χ3v) is 3.37. The summed E-state index contributed by atoms with van der Waals surface area (Å²) in [6.45, 7) is 2.43. The van der Waals surface area contributed by atoms with Crippen molar-refractivity contribution >= 4 is 18.0 Å². The normalized spacial score (nSPS) is 18.2. The first-order valence-electron chi connectivity index (χ1n) is 6.56. The van der Waals surface area contributed by atoms with Crippen molar-refractivity contribution in [2.45, 2.75) is 25.3 Å². The predicted octanol–water partition coefficient (Wildman–Crippen LogP) is -0.445. The highest BCUT2D eigenvalue weighted by atomic mass is 16.4. The van der Waals surface area contributed by atoms with Gasteiger partial charge >= 0.3 is 18.0 Å². The zero-order chi connectivity index (χ0) is 15.1. The Morgan fingerprint density at radius 1 is 1.25 bits per heavy atom. The van der Waals surface area contributed by atoms with Crippen molar-refractivity contribution in [2.24, 2.45) is 5.92 Å². The summed E-state index contributed by atoms with van der Waals surface area (Å²) < 4.78 is 0. The maximum atomic E-state index is 11.6. The molecule has 1 rings (SSSR count). The second kappa shape index (κ2) is 7.68. The zero-order valence-corrected chi connectivity index (χ0v) is 11.5. The fourth-order valence-corrected chi connectivity index (χ4v) is 2.09. The van der Waals surface area contributed by atoms with Gasteiger partial charge < -0.3 is 25.7 Å². The lowest BCUT2D eigenvalue weighted by molar-refractivity contribution is -0.145. The molecule has 0 aliphatic carbocycles. The first-order valence-corrected chi connectivity index (χ1v) is 6.56. The third-order valence-electron chi connectivity index (χ3n) is 3.37. The molecule has 2 amide bonds. The molecule has 0 aromatic rings. The highest BCUT2D eigenvalue weighted by Crippen LogP contribution is 2.14. The van der Waals surface area contributed by atoms with E-state index in [2.05, 4.69) is 15.5 Å². The van der Waals surface area contributed by atoms with Gasteiger partial charge in [0.15, 0.2) is 0 Å². The van der Waals surface area contributed by atoms with Gasteiger partial charge in [-0.1, -0.05) is 0 Å². The Labute approximate surface area is 117 Å². The maximum Gasteiger partial charge on any atom is 0.326 e. The number of carboxylic acid groups (broad SMARTS) is 2. The van der Waals surface area contributed by atoms with Gasteiger partial charge in [-0.2, -0.15) is 0 Å². The highest BCUT2D eigenvalue weighted by Gasteiger charge is 2.23. The molecule has 20 heavy (non-hydrogen) atoms. The molecule has 8 heteroatoms. The van der Waals surface area contributed by atoms with E-state index in [-0.39, 0.29) is 0 Å². The van der Waals surface area contributed by atoms with E-state index >= 15 is 0 Å². The molecule has 1 aliphatic heterocycles. The van der Waals surface area contributed by atoms with Crippen LogP contribution in [0.4, 0.5) is 4.79 Å². The lowest BCUT2D eigenvalue weighted by Gasteiger charge is -2.29. The zero-order valence-electron chi connectivity index (χ0n) is 11.5. The Kier molecular flexibility index (Phi) is 6.23. The highest BCUT2D eigenvalue weighted by molar-refractivity contribution is 5.86. The van der Waals surface area contributed by atoms with Crippen molar-refractivity contribution in [3.8, 4) is 0 Å². The molecule has 0 aromatic heterocycles. The average molecular weight is 287 g/mol. The number of carboxylic acids is 2. The Balaban J connectivity index is 2.31. The first kappa shape index (κ1) is 16.2. The van der Waals surface area contributed by atoms with Gasteiger partial charge in [-0.25, -0.2) is 9.59 Å². The molecule has 0 radical (unpaired) electrons. The molecule has 0 spiro atoms. The molecule has 114 valence electrons. The molecule has 4 N–H and O–H groups in total. The van der Waals surface area contributed by atoms with Crippen LogP contribution in [0.3, 0.4) is 0 Å². The topological polar surface area (TPSA) is 119 Å². The van der Waals surface area contributed by atoms with Crippen LogP contribution in [0.5, 0.6) is 0 Å². The van der Waals surface area contributed by atoms with E-state index < -0.39 is 30.4 Å². The van der Waals surface area contributed by atoms with E-state index in [1.165, 1.54) is 0 Å². The Morgan fingerprint density at radius 3 is 2.35 bits per heavy atom. The van der Waals surface area contributed by atoms with E-state index in [1.54, 1.807) is 0 Å². The summed E-state index contributed by atoms with van der Waals surface area (Å²) in [5, 5.41) is 22.1. The molecule has 1 heterocycles. The summed E-state index contributed by atoms with van der Waals surface area (Å²) in [6, 6.07) is -2.05. The number of amides is 2. The van der Waals surface area contributed by atoms with E-state index in [4.69, 9.17) is 10.2 Å². The van der Waals surface area contributed by atoms with E-state index in [9.17, 15) is 14.4 Å². The summed E-state index contributed by atoms with van der Waals surface area (Å²) >= 11 is 0. The van der Waals surface area contributed by atoms with E-state index in [0.717, 1.165) is 25.9 Å². The van der Waals surface area contributed by atoms with Crippen LogP contribution in [0, 0.1) is 5.92 Å². The minimum atomic E-state index is -1.41. The van der Waals surface area contributed by atoms with Crippen molar-refractivity contribution in [3.05, 3.63) is 0 Å². The SMILES string of the molecule is CN1CCC(CNC(=O)N[C@H](CC(=O)O)C(=O)O)CC1. The van der Waals surface area contributed by atoms with Gasteiger partial charge in [0.25, 0.3) is 0 Å². The summed E-state index contributed by atoms with van der Waals surface area (Å²) in [5.41, 5.74) is 0. The molecule has 0 aromatic carbocycles. The summed E-state index contributed by atoms with van der Waals surface area (Å²) in [4.78, 5) is 35.1. The number of hydrogen-bond acceptors (Lipinski definition) is 4. The van der Waals surface area contributed by atoms with Crippen LogP contribution in [0.1, 0.15) is 19.3 Å². The van der Waals surface area contributed by atoms with Gasteiger partial charge in [-0.3, -0.25) is 4.79 Å². The average Bonchev–Trinajstić information content (AvgIpc) is 2.36. The summed E-state index contributed by atoms with van der Waals surface area (Å²) in [7, 11) is 2.04. The summed E-state index contributed by atoms with van der Waals surface area (Å²) in [5.74, 6) is -2.26. The van der Waals surface area contributed by atoms with Gasteiger partial charge in [0, 0.05) is 6.54 Å². The molecular formula is C12H21N3O5. The van der Waals surface area contributed by atoms with E-state index in [0.29, 0.717) is 12.5 Å². The number of urea groups is 1. The number of carbonyl (C=O) groups is 3. The molecule has 1 atom stereocenters. The van der Waals surface area contributed by atoms with Crippen LogP contribution in [0.15, 0.2) is 0 Å². The number of carbonyl (C=O) groups excluding carboxylic acids is 1. The van der Waals surface area contributed by atoms with Crippen LogP contribution >= 0.6 is 0 Å². The summed E-state index contributed by atoms with van der Waals surface area (Å²) in [6.07, 6.45) is 1.32. The largest absolute Gasteiger partial charge is 0.481 e. The monoisotopic (exact) mass is 287 g/mol. The Morgan fingerprint density at radius 2 is 1.85 bits per heavy atom. The number of hydrogen-bond donors (Lipinski definition) is 4. The first-order chi connectivity index (χ1) is 9.38. The van der Waals surface area contributed by atoms with Crippen LogP contribution in [0.25, 0.3) is 0 Å². The standard InChI is InChI=1S/C12H21N3O5/c1-15-4-2-8(3-5-15)7-13-12(20)14-9(11(18)19)6-10(16)17/h8-9H,2-7H2,1H3,(H,16,17)(H,18,19)(H2,13,14,20)/t9-/m1/s1. The second-order valence-electron chi connectivity index (χ2n) is 5.09. The lowest BCUT2D eigenvalue weighted by Crippen LogP contribution is -2.48. The van der Waals surface area contributed by atoms with Crippen LogP contribution in [0.2, 0.25) is 0 Å². The number of nitrogens with one attached hydrogen (secondary N) is 2. The van der Waals surface area contributed by atoms with Gasteiger partial charge in [-0.05, 0) is 38.9 Å². The van der Waals surface area contributed by atoms with Crippen LogP contribution in [-0.2, 0) is 9.59 Å². The fourth-order valence-electron chi connectivity index (χ4n) is 2.09. The van der Waals surface area contributed by atoms with Gasteiger partial charge in [-0.15, -0.1) is 0 Å². The Bertz CT molecular complexity index is 366. The number of piperidine rings is 1. The van der Waals surface area contributed by atoms with Crippen molar-refractivity contribution in [1.82, 2.24) is 15.5 Å². The second-order valence-corrected chi connectivity index (χ2v) is 5.09. The molecular weight excluding hydrogens is 266 g/mol. The minimum absolute atomic E-state index is 0.375. The molecule has 0 saturated carbocycles. The molecule has 1 saturated heterocycles. The molecule has 8 nitrogen and oxygen atoms in total. The van der Waals surface area contributed by atoms with Crippen LogP contribution in [-0.4, -0.2) is 65.8 Å². The predicted molar refractivity (Wildman–Crippen MR) is 70.4 cm³/mol. The van der Waals surface area contributed by atoms with Crippen molar-refractivity contribution in [2.75, 3.05) is 26.7 Å². The molecule has 1 fully saturated rings. The number of nitrogens with zero attached hydrogens (tertiary/aromatic N) is 1. The quantitative estimate of drug-likeness (QED) is 0.525. The Hall–Kier alpha value is -1.83. The smallest absolute Gasteiger partial charge is 0.326 e. The molecule has 1 aliphatic rings. The molecule has 0 bridgehead atoms. The number of likely N-dealkylation sites (tertiary alicyclic amines) is 1. The van der Waals surface area contributed by atoms with Crippen LogP contribution < -0.4 is 10.6 Å². The maximum absolute atomic E-state index is 11.6. The van der Waals surface area contributed by atoms with Crippen molar-refractivity contribution in [1.29, 1.82) is 0 Å².